The number of hydrogen-bond acceptors (Lipinski definition) is 2. The van der Waals surface area contributed by atoms with Crippen molar-refractivity contribution >= 4 is 23.1 Å². The first kappa shape index (κ1) is 18.0. The Labute approximate surface area is 133 Å². The Bertz CT molecular complexity index is 509. The molecule has 0 heterocycles. The quantitative estimate of drug-likeness (QED) is 0.531. The van der Waals surface area contributed by atoms with Gasteiger partial charge in [-0.05, 0) is 61.9 Å². The first-order valence-electron chi connectivity index (χ1n) is 7.41. The van der Waals surface area contributed by atoms with Crippen LogP contribution in [-0.4, -0.2) is 17.4 Å². The van der Waals surface area contributed by atoms with Crippen LogP contribution in [0, 0.1) is 0 Å². The maximum absolute atomic E-state index is 6.05. The van der Waals surface area contributed by atoms with Crippen LogP contribution in [0.1, 0.15) is 31.9 Å². The molecule has 0 saturated heterocycles. The Morgan fingerprint density at radius 2 is 1.71 bits per heavy atom. The van der Waals surface area contributed by atoms with Gasteiger partial charge in [-0.2, -0.15) is 0 Å². The minimum atomic E-state index is -1.63. The molecule has 1 aromatic carbocycles. The van der Waals surface area contributed by atoms with Crippen LogP contribution in [-0.2, 0) is 9.84 Å². The summed E-state index contributed by atoms with van der Waals surface area (Å²) in [5.41, 5.74) is 2.30. The van der Waals surface area contributed by atoms with E-state index in [1.165, 1.54) is 5.56 Å². The maximum Gasteiger partial charge on any atom is 0.274 e. The van der Waals surface area contributed by atoms with Gasteiger partial charge < -0.3 is 8.85 Å². The fourth-order valence-electron chi connectivity index (χ4n) is 2.03. The summed E-state index contributed by atoms with van der Waals surface area (Å²) in [6.07, 6.45) is 0. The van der Waals surface area contributed by atoms with E-state index in [2.05, 4.69) is 78.3 Å². The molecular weight excluding hydrogens is 292 g/mol. The summed E-state index contributed by atoms with van der Waals surface area (Å²) >= 11 is 0. The molecule has 4 heteroatoms. The molecule has 1 radical (unpaired) electrons. The van der Waals surface area contributed by atoms with Crippen LogP contribution < -0.4 is 4.43 Å². The summed E-state index contributed by atoms with van der Waals surface area (Å²) in [6.45, 7) is 21.5. The average Bonchev–Trinajstić information content (AvgIpc) is 2.24. The standard InChI is InChI=1S/C17H29O2Si2/c1-13(19-21(7,8)9)14-10-11-16(18-20(5)6)15(12-14)17(2,3)4/h10-12H,1H2,2-9H3. The lowest BCUT2D eigenvalue weighted by Gasteiger charge is -2.26. The van der Waals surface area contributed by atoms with E-state index in [-0.39, 0.29) is 5.41 Å². The predicted octanol–water partition coefficient (Wildman–Crippen LogP) is 5.44. The molecule has 0 atom stereocenters. The molecule has 0 aliphatic carbocycles. The first-order valence-corrected chi connectivity index (χ1v) is 13.2. The summed E-state index contributed by atoms with van der Waals surface area (Å²) in [4.78, 5) is 0. The summed E-state index contributed by atoms with van der Waals surface area (Å²) in [6, 6.07) is 6.28. The van der Waals surface area contributed by atoms with Crippen molar-refractivity contribution in [2.75, 3.05) is 0 Å². The van der Waals surface area contributed by atoms with E-state index in [0.29, 0.717) is 0 Å². The minimum Gasteiger partial charge on any atom is -0.544 e. The van der Waals surface area contributed by atoms with Gasteiger partial charge in [-0.15, -0.1) is 0 Å². The average molecular weight is 322 g/mol. The van der Waals surface area contributed by atoms with Gasteiger partial charge in [0, 0.05) is 5.56 Å². The van der Waals surface area contributed by atoms with Crippen molar-refractivity contribution in [3.05, 3.63) is 35.9 Å². The van der Waals surface area contributed by atoms with Crippen LogP contribution in [0.3, 0.4) is 0 Å². The van der Waals surface area contributed by atoms with Crippen LogP contribution >= 0.6 is 0 Å². The minimum absolute atomic E-state index is 0.0299. The van der Waals surface area contributed by atoms with E-state index in [1.807, 2.05) is 0 Å². The summed E-state index contributed by atoms with van der Waals surface area (Å²) < 4.78 is 12.1. The highest BCUT2D eigenvalue weighted by Gasteiger charge is 2.22. The van der Waals surface area contributed by atoms with E-state index in [9.17, 15) is 0 Å². The molecule has 0 bridgehead atoms. The normalized spacial score (nSPS) is 12.4. The van der Waals surface area contributed by atoms with Gasteiger partial charge in [0.15, 0.2) is 0 Å². The van der Waals surface area contributed by atoms with Gasteiger partial charge in [-0.1, -0.05) is 27.4 Å². The molecule has 0 saturated carbocycles. The molecule has 21 heavy (non-hydrogen) atoms. The zero-order valence-corrected chi connectivity index (χ0v) is 16.8. The molecule has 1 aromatic rings. The van der Waals surface area contributed by atoms with Gasteiger partial charge in [0.1, 0.15) is 11.5 Å². The maximum atomic E-state index is 6.05. The Hall–Kier alpha value is -1.01. The zero-order chi connectivity index (χ0) is 16.4. The molecular formula is C17H29O2Si2. The highest BCUT2D eigenvalue weighted by atomic mass is 28.4. The third-order valence-electron chi connectivity index (χ3n) is 2.85. The molecule has 0 spiro atoms. The highest BCUT2D eigenvalue weighted by molar-refractivity contribution is 6.70. The Morgan fingerprint density at radius 1 is 1.14 bits per heavy atom. The molecule has 0 fully saturated rings. The molecule has 2 nitrogen and oxygen atoms in total. The third-order valence-corrected chi connectivity index (χ3v) is 4.34. The second kappa shape index (κ2) is 6.40. The van der Waals surface area contributed by atoms with Crippen LogP contribution in [0.15, 0.2) is 24.8 Å². The third kappa shape index (κ3) is 5.71. The smallest absolute Gasteiger partial charge is 0.274 e. The van der Waals surface area contributed by atoms with E-state index >= 15 is 0 Å². The topological polar surface area (TPSA) is 18.5 Å². The van der Waals surface area contributed by atoms with Gasteiger partial charge in [0.2, 0.25) is 8.32 Å². The van der Waals surface area contributed by atoms with Crippen molar-refractivity contribution in [1.29, 1.82) is 0 Å². The molecule has 0 amide bonds. The first-order chi connectivity index (χ1) is 9.40. The fourth-order valence-corrected chi connectivity index (χ4v) is 3.50. The van der Waals surface area contributed by atoms with Gasteiger partial charge in [-0.25, -0.2) is 0 Å². The van der Waals surface area contributed by atoms with Gasteiger partial charge in [-0.3, -0.25) is 0 Å². The SMILES string of the molecule is C=C(O[Si](C)(C)C)c1ccc(O[Si](C)C)c(C(C)(C)C)c1. The van der Waals surface area contributed by atoms with E-state index < -0.39 is 17.4 Å². The Morgan fingerprint density at radius 3 is 2.14 bits per heavy atom. The van der Waals surface area contributed by atoms with Crippen LogP contribution in [0.25, 0.3) is 5.76 Å². The van der Waals surface area contributed by atoms with Crippen molar-refractivity contribution in [3.8, 4) is 5.75 Å². The Kier molecular flexibility index (Phi) is 5.50. The Balaban J connectivity index is 3.19. The van der Waals surface area contributed by atoms with Crippen molar-refractivity contribution in [2.24, 2.45) is 0 Å². The van der Waals surface area contributed by atoms with Crippen molar-refractivity contribution in [2.45, 2.75) is 58.9 Å². The lowest BCUT2D eigenvalue weighted by atomic mass is 9.85. The number of rotatable bonds is 5. The van der Waals surface area contributed by atoms with Crippen LogP contribution in [0.5, 0.6) is 5.75 Å². The molecule has 0 unspecified atom stereocenters. The molecule has 0 aliphatic rings. The fraction of sp³-hybridized carbons (Fsp3) is 0.529. The van der Waals surface area contributed by atoms with Crippen LogP contribution in [0.4, 0.5) is 0 Å². The van der Waals surface area contributed by atoms with Crippen molar-refractivity contribution in [3.63, 3.8) is 0 Å². The lowest BCUT2D eigenvalue weighted by Crippen LogP contribution is -2.24. The molecule has 117 valence electrons. The molecule has 0 aliphatic heterocycles. The molecule has 0 aromatic heterocycles. The summed E-state index contributed by atoms with van der Waals surface area (Å²) in [7, 11) is -2.41. The van der Waals surface area contributed by atoms with Gasteiger partial charge in [0.25, 0.3) is 9.04 Å². The van der Waals surface area contributed by atoms with E-state index in [0.717, 1.165) is 17.1 Å². The number of hydrogen-bond donors (Lipinski definition) is 0. The molecule has 0 N–H and O–H groups in total. The van der Waals surface area contributed by atoms with E-state index in [4.69, 9.17) is 8.85 Å². The summed E-state index contributed by atoms with van der Waals surface area (Å²) in [5.74, 6) is 1.76. The monoisotopic (exact) mass is 321 g/mol. The van der Waals surface area contributed by atoms with E-state index in [1.54, 1.807) is 0 Å². The number of benzene rings is 1. The van der Waals surface area contributed by atoms with Crippen LogP contribution in [0.2, 0.25) is 32.7 Å². The highest BCUT2D eigenvalue weighted by Crippen LogP contribution is 2.34. The second-order valence-electron chi connectivity index (χ2n) is 7.61. The van der Waals surface area contributed by atoms with Gasteiger partial charge >= 0.3 is 0 Å². The molecule has 1 rings (SSSR count). The predicted molar refractivity (Wildman–Crippen MR) is 96.7 cm³/mol. The lowest BCUT2D eigenvalue weighted by molar-refractivity contribution is 0.510. The zero-order valence-electron chi connectivity index (χ0n) is 14.8. The van der Waals surface area contributed by atoms with Crippen molar-refractivity contribution < 1.29 is 8.85 Å². The van der Waals surface area contributed by atoms with Gasteiger partial charge in [0.05, 0.1) is 0 Å². The second-order valence-corrected chi connectivity index (χ2v) is 14.1. The summed E-state index contributed by atoms with van der Waals surface area (Å²) in [5, 5.41) is 0. The largest absolute Gasteiger partial charge is 0.544 e. The van der Waals surface area contributed by atoms with Crippen molar-refractivity contribution in [1.82, 2.24) is 0 Å².